The molecule has 8 nitrogen and oxygen atoms in total. The average molecular weight is 485 g/mol. The van der Waals surface area contributed by atoms with Crippen molar-refractivity contribution >= 4 is 12.0 Å². The fourth-order valence-corrected chi connectivity index (χ4v) is 5.47. The number of urea groups is 1. The number of esters is 1. The van der Waals surface area contributed by atoms with Crippen LogP contribution < -0.4 is 15.4 Å². The van der Waals surface area contributed by atoms with Crippen molar-refractivity contribution in [2.24, 2.45) is 5.92 Å². The molecule has 2 saturated heterocycles. The molecule has 0 saturated carbocycles. The molecule has 0 radical (unpaired) electrons. The number of methoxy groups -OCH3 is 1. The minimum absolute atomic E-state index is 0.279. The highest BCUT2D eigenvalue weighted by Gasteiger charge is 2.35. The van der Waals surface area contributed by atoms with Crippen LogP contribution in [0.25, 0.3) is 0 Å². The third-order valence-corrected chi connectivity index (χ3v) is 7.40. The van der Waals surface area contributed by atoms with E-state index in [1.165, 1.54) is 45.3 Å². The van der Waals surface area contributed by atoms with Crippen LogP contribution in [0.2, 0.25) is 0 Å². The van der Waals surface area contributed by atoms with E-state index in [9.17, 15) is 9.59 Å². The van der Waals surface area contributed by atoms with Gasteiger partial charge in [-0.05, 0) is 82.4 Å². The summed E-state index contributed by atoms with van der Waals surface area (Å²) < 4.78 is 10.7. The molecule has 2 fully saturated rings. The maximum Gasteiger partial charge on any atom is 0.338 e. The number of nitrogens with zero attached hydrogens (tertiary/aromatic N) is 2. The van der Waals surface area contributed by atoms with Gasteiger partial charge in [0, 0.05) is 18.8 Å². The number of carbonyl (C=O) groups excluding carboxylic acids is 2. The Balaban J connectivity index is 1.46. The van der Waals surface area contributed by atoms with Crippen LogP contribution in [0.3, 0.4) is 0 Å². The van der Waals surface area contributed by atoms with Crippen LogP contribution in [0.15, 0.2) is 35.5 Å². The van der Waals surface area contributed by atoms with Crippen LogP contribution in [0.5, 0.6) is 5.75 Å². The Bertz CT molecular complexity index is 885. The van der Waals surface area contributed by atoms with E-state index in [0.717, 1.165) is 43.2 Å². The molecule has 1 atom stereocenters. The number of ether oxygens (including phenoxy) is 2. The molecule has 0 aliphatic carbocycles. The molecule has 3 heterocycles. The summed E-state index contributed by atoms with van der Waals surface area (Å²) in [6.45, 7) is 8.22. The zero-order valence-electron chi connectivity index (χ0n) is 21.2. The summed E-state index contributed by atoms with van der Waals surface area (Å²) in [5.74, 6) is 1.04. The summed E-state index contributed by atoms with van der Waals surface area (Å²) in [6, 6.07) is 6.55. The van der Waals surface area contributed by atoms with Crippen LogP contribution in [-0.2, 0) is 9.53 Å². The predicted octanol–water partition coefficient (Wildman–Crippen LogP) is 3.45. The standard InChI is InChI=1S/C27H40N4O4/c1-3-35-26(32)24-23(28-27(33)29-25(24)21-8-10-22(34-2)11-9-21)19-31-16-12-20(13-17-31)18-30-14-6-4-5-7-15-30/h8-11,20,25H,3-7,12-19H2,1-2H3,(H2,28,29,33). The number of benzene rings is 1. The van der Waals surface area contributed by atoms with Crippen molar-refractivity contribution in [3.8, 4) is 5.75 Å². The normalized spacial score (nSPS) is 22.8. The van der Waals surface area contributed by atoms with Gasteiger partial charge in [-0.1, -0.05) is 25.0 Å². The Morgan fingerprint density at radius 1 is 1.00 bits per heavy atom. The quantitative estimate of drug-likeness (QED) is 0.550. The highest BCUT2D eigenvalue weighted by molar-refractivity contribution is 5.95. The van der Waals surface area contributed by atoms with Crippen molar-refractivity contribution in [2.45, 2.75) is 51.5 Å². The number of likely N-dealkylation sites (tertiary alicyclic amines) is 2. The molecule has 0 aromatic heterocycles. The monoisotopic (exact) mass is 484 g/mol. The van der Waals surface area contributed by atoms with E-state index in [1.54, 1.807) is 14.0 Å². The number of hydrogen-bond acceptors (Lipinski definition) is 6. The maximum absolute atomic E-state index is 13.0. The van der Waals surface area contributed by atoms with Gasteiger partial charge in [-0.15, -0.1) is 0 Å². The highest BCUT2D eigenvalue weighted by atomic mass is 16.5. The zero-order valence-corrected chi connectivity index (χ0v) is 21.2. The van der Waals surface area contributed by atoms with Gasteiger partial charge in [-0.25, -0.2) is 9.59 Å². The lowest BCUT2D eigenvalue weighted by atomic mass is 9.93. The summed E-state index contributed by atoms with van der Waals surface area (Å²) in [5, 5.41) is 5.82. The van der Waals surface area contributed by atoms with E-state index >= 15 is 0 Å². The van der Waals surface area contributed by atoms with Crippen LogP contribution in [0.1, 0.15) is 57.1 Å². The predicted molar refractivity (Wildman–Crippen MR) is 135 cm³/mol. The minimum Gasteiger partial charge on any atom is -0.497 e. The molecule has 3 aliphatic heterocycles. The van der Waals surface area contributed by atoms with E-state index in [2.05, 4.69) is 20.4 Å². The summed E-state index contributed by atoms with van der Waals surface area (Å²) in [4.78, 5) is 30.6. The summed E-state index contributed by atoms with van der Waals surface area (Å²) in [5.41, 5.74) is 1.93. The van der Waals surface area contributed by atoms with Crippen LogP contribution in [0.4, 0.5) is 4.79 Å². The van der Waals surface area contributed by atoms with Crippen molar-refractivity contribution in [3.63, 3.8) is 0 Å². The molecule has 1 unspecified atom stereocenters. The second kappa shape index (κ2) is 12.4. The van der Waals surface area contributed by atoms with E-state index in [1.807, 2.05) is 24.3 Å². The molecule has 3 aliphatic rings. The van der Waals surface area contributed by atoms with Crippen molar-refractivity contribution < 1.29 is 19.1 Å². The third kappa shape index (κ3) is 6.76. The van der Waals surface area contributed by atoms with E-state index in [-0.39, 0.29) is 12.6 Å². The van der Waals surface area contributed by atoms with Gasteiger partial charge in [-0.2, -0.15) is 0 Å². The fraction of sp³-hybridized carbons (Fsp3) is 0.630. The zero-order chi connectivity index (χ0) is 24.6. The van der Waals surface area contributed by atoms with Gasteiger partial charge in [0.1, 0.15) is 5.75 Å². The molecule has 0 bridgehead atoms. The highest BCUT2D eigenvalue weighted by Crippen LogP contribution is 2.30. The smallest absolute Gasteiger partial charge is 0.338 e. The van der Waals surface area contributed by atoms with Gasteiger partial charge in [0.15, 0.2) is 0 Å². The molecule has 0 spiro atoms. The lowest BCUT2D eigenvalue weighted by molar-refractivity contribution is -0.139. The summed E-state index contributed by atoms with van der Waals surface area (Å²) in [7, 11) is 1.61. The van der Waals surface area contributed by atoms with E-state index in [0.29, 0.717) is 17.8 Å². The first-order chi connectivity index (χ1) is 17.1. The first kappa shape index (κ1) is 25.5. The molecule has 192 valence electrons. The second-order valence-electron chi connectivity index (χ2n) is 9.85. The molecule has 35 heavy (non-hydrogen) atoms. The topological polar surface area (TPSA) is 83.1 Å². The molecule has 2 amide bonds. The SMILES string of the molecule is CCOC(=O)C1=C(CN2CCC(CN3CCCCCC3)CC2)NC(=O)NC1c1ccc(OC)cc1. The fourth-order valence-electron chi connectivity index (χ4n) is 5.47. The van der Waals surface area contributed by atoms with Crippen LogP contribution >= 0.6 is 0 Å². The Morgan fingerprint density at radius 3 is 2.31 bits per heavy atom. The van der Waals surface area contributed by atoms with Gasteiger partial charge in [-0.3, -0.25) is 4.90 Å². The van der Waals surface area contributed by atoms with E-state index < -0.39 is 12.0 Å². The van der Waals surface area contributed by atoms with Gasteiger partial charge < -0.3 is 25.0 Å². The van der Waals surface area contributed by atoms with E-state index in [4.69, 9.17) is 9.47 Å². The molecule has 4 rings (SSSR count). The summed E-state index contributed by atoms with van der Waals surface area (Å²) >= 11 is 0. The number of nitrogens with one attached hydrogen (secondary N) is 2. The van der Waals surface area contributed by atoms with Gasteiger partial charge >= 0.3 is 12.0 Å². The minimum atomic E-state index is -0.565. The van der Waals surface area contributed by atoms with Crippen molar-refractivity contribution in [1.29, 1.82) is 0 Å². The molecular formula is C27H40N4O4. The second-order valence-corrected chi connectivity index (χ2v) is 9.85. The van der Waals surface area contributed by atoms with Crippen LogP contribution in [-0.4, -0.2) is 74.8 Å². The maximum atomic E-state index is 13.0. The number of amides is 2. The third-order valence-electron chi connectivity index (χ3n) is 7.40. The molecule has 2 N–H and O–H groups in total. The lowest BCUT2D eigenvalue weighted by Crippen LogP contribution is -2.49. The number of rotatable bonds is 8. The lowest BCUT2D eigenvalue weighted by Gasteiger charge is -2.36. The largest absolute Gasteiger partial charge is 0.497 e. The Labute approximate surface area is 209 Å². The first-order valence-corrected chi connectivity index (χ1v) is 13.1. The number of hydrogen-bond donors (Lipinski definition) is 2. The number of carbonyl (C=O) groups is 2. The average Bonchev–Trinajstić information content (AvgIpc) is 3.14. The van der Waals surface area contributed by atoms with Crippen molar-refractivity contribution in [1.82, 2.24) is 20.4 Å². The molecule has 1 aromatic carbocycles. The molecular weight excluding hydrogens is 444 g/mol. The first-order valence-electron chi connectivity index (χ1n) is 13.1. The van der Waals surface area contributed by atoms with Gasteiger partial charge in [0.25, 0.3) is 0 Å². The summed E-state index contributed by atoms with van der Waals surface area (Å²) in [6.07, 6.45) is 7.68. The van der Waals surface area contributed by atoms with Gasteiger partial charge in [0.2, 0.25) is 0 Å². The Kier molecular flexibility index (Phi) is 9.04. The van der Waals surface area contributed by atoms with Crippen molar-refractivity contribution in [3.05, 3.63) is 41.1 Å². The van der Waals surface area contributed by atoms with Crippen molar-refractivity contribution in [2.75, 3.05) is 53.0 Å². The number of piperidine rings is 1. The Morgan fingerprint density at radius 2 is 1.69 bits per heavy atom. The Hall–Kier alpha value is -2.58. The molecule has 1 aromatic rings. The van der Waals surface area contributed by atoms with Crippen LogP contribution in [0, 0.1) is 5.92 Å². The van der Waals surface area contributed by atoms with Gasteiger partial charge in [0.05, 0.1) is 25.3 Å². The molecule has 8 heteroatoms.